The summed E-state index contributed by atoms with van der Waals surface area (Å²) >= 11 is 0. The lowest BCUT2D eigenvalue weighted by Crippen LogP contribution is -2.30. The minimum atomic E-state index is -0.462. The molecule has 0 unspecified atom stereocenters. The number of hydrogen-bond donors (Lipinski definition) is 0. The van der Waals surface area contributed by atoms with Crippen LogP contribution in [0.2, 0.25) is 0 Å². The number of carbonyl (C=O) groups is 1. The predicted molar refractivity (Wildman–Crippen MR) is 101 cm³/mol. The fourth-order valence-corrected chi connectivity index (χ4v) is 2.75. The molecule has 0 atom stereocenters. The number of aryl methyl sites for hydroxylation is 1. The summed E-state index contributed by atoms with van der Waals surface area (Å²) in [6.07, 6.45) is 0. The van der Waals surface area contributed by atoms with Gasteiger partial charge < -0.3 is 4.90 Å². The molecule has 130 valence electrons. The Bertz CT molecular complexity index is 925. The first kappa shape index (κ1) is 17.4. The molecule has 1 amide bonds. The second-order valence-corrected chi connectivity index (χ2v) is 5.97. The molecule has 3 aromatic rings. The fraction of sp³-hybridized carbons (Fsp3) is 0.0952. The summed E-state index contributed by atoms with van der Waals surface area (Å²) in [4.78, 5) is 25.5. The zero-order valence-corrected chi connectivity index (χ0v) is 14.3. The summed E-state index contributed by atoms with van der Waals surface area (Å²) in [5.74, 6) is -0.275. The highest BCUT2D eigenvalue weighted by atomic mass is 16.6. The molecule has 0 heterocycles. The van der Waals surface area contributed by atoms with Crippen molar-refractivity contribution < 1.29 is 9.72 Å². The van der Waals surface area contributed by atoms with Crippen molar-refractivity contribution in [2.45, 2.75) is 13.5 Å². The van der Waals surface area contributed by atoms with Gasteiger partial charge in [0.15, 0.2) is 0 Å². The number of nitro groups is 1. The quantitative estimate of drug-likeness (QED) is 0.495. The number of hydrogen-bond acceptors (Lipinski definition) is 3. The summed E-state index contributed by atoms with van der Waals surface area (Å²) in [6.45, 7) is 2.04. The first-order chi connectivity index (χ1) is 12.6. The van der Waals surface area contributed by atoms with Crippen molar-refractivity contribution in [3.05, 3.63) is 106 Å². The van der Waals surface area contributed by atoms with Gasteiger partial charge in [0.05, 0.1) is 11.5 Å². The Morgan fingerprint density at radius 1 is 0.962 bits per heavy atom. The van der Waals surface area contributed by atoms with Crippen LogP contribution in [0.1, 0.15) is 21.5 Å². The van der Waals surface area contributed by atoms with Crippen LogP contribution in [-0.2, 0) is 6.54 Å². The van der Waals surface area contributed by atoms with E-state index in [1.165, 1.54) is 6.07 Å². The summed E-state index contributed by atoms with van der Waals surface area (Å²) in [5, 5.41) is 11.2. The molecule has 0 saturated heterocycles. The van der Waals surface area contributed by atoms with E-state index in [-0.39, 0.29) is 11.6 Å². The molecule has 5 nitrogen and oxygen atoms in total. The van der Waals surface area contributed by atoms with Crippen molar-refractivity contribution in [2.75, 3.05) is 4.90 Å². The molecule has 0 bridgehead atoms. The summed E-state index contributed by atoms with van der Waals surface area (Å²) < 4.78 is 0. The summed E-state index contributed by atoms with van der Waals surface area (Å²) in [5.41, 5.74) is 2.49. The molecule has 0 N–H and O–H groups in total. The van der Waals surface area contributed by atoms with Crippen LogP contribution in [0.4, 0.5) is 11.4 Å². The lowest BCUT2D eigenvalue weighted by Gasteiger charge is -2.23. The SMILES string of the molecule is Cc1ccc(C(=O)N(Cc2ccccc2)c2ccccc2)cc1[N+](=O)[O-]. The summed E-state index contributed by atoms with van der Waals surface area (Å²) in [7, 11) is 0. The van der Waals surface area contributed by atoms with Crippen molar-refractivity contribution in [3.63, 3.8) is 0 Å². The molecular formula is C21H18N2O3. The van der Waals surface area contributed by atoms with Crippen LogP contribution in [0, 0.1) is 17.0 Å². The van der Waals surface area contributed by atoms with Crippen molar-refractivity contribution in [1.82, 2.24) is 0 Å². The number of rotatable bonds is 5. The molecule has 0 radical (unpaired) electrons. The van der Waals surface area contributed by atoms with Crippen LogP contribution >= 0.6 is 0 Å². The standard InChI is InChI=1S/C21H18N2O3/c1-16-12-13-18(14-20(16)23(25)26)21(24)22(19-10-6-3-7-11-19)15-17-8-4-2-5-9-17/h2-14H,15H2,1H3. The van der Waals surface area contributed by atoms with Gasteiger partial charge in [-0.3, -0.25) is 14.9 Å². The van der Waals surface area contributed by atoms with Gasteiger partial charge in [0.1, 0.15) is 0 Å². The molecule has 3 rings (SSSR count). The average Bonchev–Trinajstić information content (AvgIpc) is 2.67. The maximum absolute atomic E-state index is 13.1. The molecule has 0 fully saturated rings. The van der Waals surface area contributed by atoms with Crippen molar-refractivity contribution >= 4 is 17.3 Å². The predicted octanol–water partition coefficient (Wildman–Crippen LogP) is 4.75. The smallest absolute Gasteiger partial charge is 0.273 e. The fourth-order valence-electron chi connectivity index (χ4n) is 2.75. The Morgan fingerprint density at radius 3 is 2.19 bits per heavy atom. The first-order valence-electron chi connectivity index (χ1n) is 8.22. The van der Waals surface area contributed by atoms with Crippen molar-refractivity contribution in [1.29, 1.82) is 0 Å². The highest BCUT2D eigenvalue weighted by Crippen LogP contribution is 2.24. The number of benzene rings is 3. The molecule has 26 heavy (non-hydrogen) atoms. The Labute approximate surface area is 151 Å². The number of para-hydroxylation sites is 1. The maximum Gasteiger partial charge on any atom is 0.273 e. The molecule has 3 aromatic carbocycles. The molecular weight excluding hydrogens is 328 g/mol. The Hall–Kier alpha value is -3.47. The van der Waals surface area contributed by atoms with E-state index in [2.05, 4.69) is 0 Å². The molecule has 0 aromatic heterocycles. The van der Waals surface area contributed by atoms with Crippen molar-refractivity contribution in [2.24, 2.45) is 0 Å². The molecule has 0 aliphatic carbocycles. The monoisotopic (exact) mass is 346 g/mol. The van der Waals surface area contributed by atoms with E-state index in [0.29, 0.717) is 17.7 Å². The van der Waals surface area contributed by atoms with Gasteiger partial charge in [0, 0.05) is 22.9 Å². The second-order valence-electron chi connectivity index (χ2n) is 5.97. The van der Waals surface area contributed by atoms with E-state index in [0.717, 1.165) is 11.3 Å². The van der Waals surface area contributed by atoms with E-state index >= 15 is 0 Å². The van der Waals surface area contributed by atoms with E-state index in [9.17, 15) is 14.9 Å². The Morgan fingerprint density at radius 2 is 1.58 bits per heavy atom. The third-order valence-corrected chi connectivity index (χ3v) is 4.15. The third-order valence-electron chi connectivity index (χ3n) is 4.15. The lowest BCUT2D eigenvalue weighted by molar-refractivity contribution is -0.385. The normalized spacial score (nSPS) is 10.3. The number of anilines is 1. The van der Waals surface area contributed by atoms with Gasteiger partial charge in [-0.15, -0.1) is 0 Å². The van der Waals surface area contributed by atoms with Gasteiger partial charge >= 0.3 is 0 Å². The van der Waals surface area contributed by atoms with Gasteiger partial charge in [-0.2, -0.15) is 0 Å². The second kappa shape index (κ2) is 7.61. The summed E-state index contributed by atoms with van der Waals surface area (Å²) in [6, 6.07) is 23.5. The topological polar surface area (TPSA) is 63.5 Å². The van der Waals surface area contributed by atoms with E-state index < -0.39 is 4.92 Å². The van der Waals surface area contributed by atoms with Crippen molar-refractivity contribution in [3.8, 4) is 0 Å². The van der Waals surface area contributed by atoms with Gasteiger partial charge in [0.25, 0.3) is 11.6 Å². The highest BCUT2D eigenvalue weighted by Gasteiger charge is 2.21. The molecule has 0 aliphatic rings. The molecule has 0 aliphatic heterocycles. The van der Waals surface area contributed by atoms with Gasteiger partial charge in [-0.25, -0.2) is 0 Å². The number of nitrogens with zero attached hydrogens (tertiary/aromatic N) is 2. The molecule has 0 spiro atoms. The van der Waals surface area contributed by atoms with Crippen LogP contribution in [0.3, 0.4) is 0 Å². The van der Waals surface area contributed by atoms with Gasteiger partial charge in [-0.1, -0.05) is 54.6 Å². The van der Waals surface area contributed by atoms with Crippen LogP contribution in [0.5, 0.6) is 0 Å². The van der Waals surface area contributed by atoms with Crippen LogP contribution < -0.4 is 4.90 Å². The van der Waals surface area contributed by atoms with E-state index in [1.807, 2.05) is 60.7 Å². The largest absolute Gasteiger partial charge is 0.304 e. The number of nitro benzene ring substituents is 1. The Kier molecular flexibility index (Phi) is 5.08. The van der Waals surface area contributed by atoms with E-state index in [4.69, 9.17) is 0 Å². The minimum absolute atomic E-state index is 0.0522. The zero-order valence-electron chi connectivity index (χ0n) is 14.3. The minimum Gasteiger partial charge on any atom is -0.304 e. The maximum atomic E-state index is 13.1. The van der Waals surface area contributed by atoms with E-state index in [1.54, 1.807) is 24.0 Å². The van der Waals surface area contributed by atoms with Crippen LogP contribution in [-0.4, -0.2) is 10.8 Å². The lowest BCUT2D eigenvalue weighted by atomic mass is 10.1. The highest BCUT2D eigenvalue weighted by molar-refractivity contribution is 6.06. The van der Waals surface area contributed by atoms with Crippen LogP contribution in [0.25, 0.3) is 0 Å². The molecule has 5 heteroatoms. The molecule has 0 saturated carbocycles. The van der Waals surface area contributed by atoms with Crippen LogP contribution in [0.15, 0.2) is 78.9 Å². The van der Waals surface area contributed by atoms with Gasteiger partial charge in [0.2, 0.25) is 0 Å². The average molecular weight is 346 g/mol. The third kappa shape index (κ3) is 3.78. The first-order valence-corrected chi connectivity index (χ1v) is 8.22. The zero-order chi connectivity index (χ0) is 18.5. The van der Waals surface area contributed by atoms with Gasteiger partial charge in [-0.05, 0) is 30.7 Å². The Balaban J connectivity index is 2.00. The number of carbonyl (C=O) groups excluding carboxylic acids is 1. The number of amides is 1.